The first kappa shape index (κ1) is 24.9. The van der Waals surface area contributed by atoms with E-state index in [1.807, 2.05) is 19.2 Å². The number of halogens is 2. The molecule has 1 unspecified atom stereocenters. The molecule has 3 heterocycles. The average molecular weight is 490 g/mol. The topological polar surface area (TPSA) is 59.6 Å². The molecule has 0 amide bonds. The third kappa shape index (κ3) is 5.39. The molecular weight excluding hydrogens is 453 g/mol. The molecule has 2 saturated heterocycles. The summed E-state index contributed by atoms with van der Waals surface area (Å²) >= 11 is 6.40. The van der Waals surface area contributed by atoms with E-state index in [0.29, 0.717) is 5.95 Å². The Bertz CT molecular complexity index is 979. The molecule has 7 nitrogen and oxygen atoms in total. The first-order valence-electron chi connectivity index (χ1n) is 11.9. The molecule has 0 aliphatic carbocycles. The number of anilines is 4. The quantitative estimate of drug-likeness (QED) is 0.464. The predicted molar refractivity (Wildman–Crippen MR) is 139 cm³/mol. The van der Waals surface area contributed by atoms with Crippen molar-refractivity contribution in [2.24, 2.45) is 0 Å². The lowest BCUT2D eigenvalue weighted by atomic mass is 9.77. The van der Waals surface area contributed by atoms with Gasteiger partial charge in [0, 0.05) is 48.1 Å². The first-order chi connectivity index (χ1) is 15.9. The molecule has 1 aromatic heterocycles. The van der Waals surface area contributed by atoms with Crippen LogP contribution < -0.4 is 15.5 Å². The maximum Gasteiger partial charge on any atom is 0.229 e. The van der Waals surface area contributed by atoms with Gasteiger partial charge in [0.25, 0.3) is 0 Å². The molecule has 4 rings (SSSR count). The van der Waals surface area contributed by atoms with Crippen LogP contribution in [-0.2, 0) is 0 Å². The smallest absolute Gasteiger partial charge is 0.229 e. The summed E-state index contributed by atoms with van der Waals surface area (Å²) in [4.78, 5) is 15.4. The van der Waals surface area contributed by atoms with Gasteiger partial charge in [0.2, 0.25) is 5.95 Å². The number of alkyl halides is 1. The van der Waals surface area contributed by atoms with Crippen LogP contribution in [0.3, 0.4) is 0 Å². The van der Waals surface area contributed by atoms with Crippen molar-refractivity contribution in [3.63, 3.8) is 0 Å². The van der Waals surface area contributed by atoms with Crippen molar-refractivity contribution >= 4 is 34.7 Å². The Morgan fingerprint density at radius 1 is 1.03 bits per heavy atom. The number of rotatable bonds is 5. The van der Waals surface area contributed by atoms with E-state index in [1.165, 1.54) is 6.20 Å². The van der Waals surface area contributed by atoms with Gasteiger partial charge in [0.1, 0.15) is 5.50 Å². The number of aromatic nitrogens is 2. The van der Waals surface area contributed by atoms with Gasteiger partial charge in [0.05, 0.1) is 6.20 Å². The van der Waals surface area contributed by atoms with E-state index in [4.69, 9.17) is 11.6 Å². The van der Waals surface area contributed by atoms with Gasteiger partial charge in [-0.3, -0.25) is 9.80 Å². The van der Waals surface area contributed by atoms with Crippen molar-refractivity contribution in [3.8, 4) is 0 Å². The molecule has 186 valence electrons. The Kier molecular flexibility index (Phi) is 6.95. The molecule has 2 aromatic rings. The summed E-state index contributed by atoms with van der Waals surface area (Å²) in [7, 11) is 4.20. The number of piperidine rings is 1. The Morgan fingerprint density at radius 3 is 2.29 bits per heavy atom. The predicted octanol–water partition coefficient (Wildman–Crippen LogP) is 4.74. The van der Waals surface area contributed by atoms with Gasteiger partial charge < -0.3 is 15.5 Å². The monoisotopic (exact) mass is 489 g/mol. The van der Waals surface area contributed by atoms with Crippen LogP contribution in [0.25, 0.3) is 0 Å². The summed E-state index contributed by atoms with van der Waals surface area (Å²) in [6.45, 7) is 11.6. The molecule has 2 N–H and O–H groups in total. The lowest BCUT2D eigenvalue weighted by Gasteiger charge is -2.53. The van der Waals surface area contributed by atoms with Crippen molar-refractivity contribution in [2.75, 3.05) is 49.3 Å². The molecule has 0 bridgehead atoms. The first-order valence-corrected chi connectivity index (χ1v) is 12.4. The van der Waals surface area contributed by atoms with E-state index < -0.39 is 5.82 Å². The summed E-state index contributed by atoms with van der Waals surface area (Å²) in [5.74, 6) is 0.158. The maximum atomic E-state index is 14.6. The van der Waals surface area contributed by atoms with Gasteiger partial charge in [-0.2, -0.15) is 4.98 Å². The second-order valence-corrected chi connectivity index (χ2v) is 11.4. The molecule has 1 atom stereocenters. The van der Waals surface area contributed by atoms with Crippen LogP contribution in [-0.4, -0.2) is 76.1 Å². The number of likely N-dealkylation sites (N-methyl/N-ethyl adjacent to an activating group) is 1. The zero-order valence-corrected chi connectivity index (χ0v) is 21.8. The van der Waals surface area contributed by atoms with Gasteiger partial charge in [-0.15, -0.1) is 11.6 Å². The molecule has 2 aliphatic rings. The van der Waals surface area contributed by atoms with E-state index in [1.54, 1.807) is 0 Å². The molecule has 2 fully saturated rings. The minimum absolute atomic E-state index is 0.000990. The normalized spacial score (nSPS) is 23.6. The van der Waals surface area contributed by atoms with Crippen molar-refractivity contribution in [1.29, 1.82) is 0 Å². The van der Waals surface area contributed by atoms with Crippen LogP contribution in [0, 0.1) is 5.82 Å². The molecular formula is C25H37ClFN7. The summed E-state index contributed by atoms with van der Waals surface area (Å²) in [6, 6.07) is 8.20. The highest BCUT2D eigenvalue weighted by molar-refractivity contribution is 6.20. The molecule has 0 radical (unpaired) electrons. The minimum atomic E-state index is -0.443. The summed E-state index contributed by atoms with van der Waals surface area (Å²) in [5.41, 5.74) is 1.97. The molecule has 1 aromatic carbocycles. The number of hydrogen-bond acceptors (Lipinski definition) is 7. The Labute approximate surface area is 207 Å². The van der Waals surface area contributed by atoms with Gasteiger partial charge in [0.15, 0.2) is 11.6 Å². The lowest BCUT2D eigenvalue weighted by Crippen LogP contribution is -2.61. The van der Waals surface area contributed by atoms with Gasteiger partial charge in [-0.25, -0.2) is 9.37 Å². The van der Waals surface area contributed by atoms with E-state index in [9.17, 15) is 4.39 Å². The zero-order chi connectivity index (χ0) is 24.7. The highest BCUT2D eigenvalue weighted by Crippen LogP contribution is 2.38. The number of piperazine rings is 1. The number of benzene rings is 1. The van der Waals surface area contributed by atoms with Crippen molar-refractivity contribution in [1.82, 2.24) is 19.8 Å². The average Bonchev–Trinajstić information content (AvgIpc) is 2.76. The van der Waals surface area contributed by atoms with Crippen molar-refractivity contribution < 1.29 is 4.39 Å². The molecule has 2 aliphatic heterocycles. The van der Waals surface area contributed by atoms with Gasteiger partial charge in [-0.05, 0) is 78.9 Å². The fourth-order valence-corrected chi connectivity index (χ4v) is 5.41. The third-order valence-electron chi connectivity index (χ3n) is 7.45. The number of nitrogens with one attached hydrogen (secondary N) is 2. The second kappa shape index (κ2) is 9.47. The van der Waals surface area contributed by atoms with Crippen LogP contribution >= 0.6 is 11.6 Å². The number of hydrogen-bond donors (Lipinski definition) is 2. The van der Waals surface area contributed by atoms with Gasteiger partial charge >= 0.3 is 0 Å². The Morgan fingerprint density at radius 2 is 1.68 bits per heavy atom. The molecule has 0 saturated carbocycles. The Hall–Kier alpha value is -2.16. The Balaban J connectivity index is 1.43. The standard InChI is InChI=1S/C25H37ClFN7/c1-24(2)13-18(14-25(3,4)33(24)6)29-22-20(27)15-28-23(31-22)30-17-7-9-19(10-8-17)34-12-11-32(5)21(26)16-34/h7-10,15,18,21H,11-14,16H2,1-6H3,(H2,28,29,30,31). The van der Waals surface area contributed by atoms with Crippen molar-refractivity contribution in [3.05, 3.63) is 36.3 Å². The van der Waals surface area contributed by atoms with Gasteiger partial charge in [-0.1, -0.05) is 0 Å². The maximum absolute atomic E-state index is 14.6. The third-order valence-corrected chi connectivity index (χ3v) is 7.92. The fourth-order valence-electron chi connectivity index (χ4n) is 5.15. The largest absolute Gasteiger partial charge is 0.367 e. The molecule has 0 spiro atoms. The number of nitrogens with zero attached hydrogens (tertiary/aromatic N) is 5. The van der Waals surface area contributed by atoms with Crippen LogP contribution in [0.2, 0.25) is 0 Å². The summed E-state index contributed by atoms with van der Waals surface area (Å²) < 4.78 is 14.6. The highest BCUT2D eigenvalue weighted by Gasteiger charge is 2.43. The van der Waals surface area contributed by atoms with Crippen molar-refractivity contribution in [2.45, 2.75) is 63.2 Å². The SMILES string of the molecule is CN1CCN(c2ccc(Nc3ncc(F)c(NC4CC(C)(C)N(C)C(C)(C)C4)n3)cc2)CC1Cl. The van der Waals surface area contributed by atoms with E-state index >= 15 is 0 Å². The van der Waals surface area contributed by atoms with E-state index in [-0.39, 0.29) is 28.4 Å². The van der Waals surface area contributed by atoms with Crippen LogP contribution in [0.1, 0.15) is 40.5 Å². The summed E-state index contributed by atoms with van der Waals surface area (Å²) in [5, 5.41) is 6.56. The van der Waals surface area contributed by atoms with E-state index in [2.05, 4.69) is 82.2 Å². The minimum Gasteiger partial charge on any atom is -0.367 e. The molecule has 34 heavy (non-hydrogen) atoms. The lowest BCUT2D eigenvalue weighted by molar-refractivity contribution is -0.00778. The number of likely N-dealkylation sites (tertiary alicyclic amines) is 1. The zero-order valence-electron chi connectivity index (χ0n) is 21.1. The second-order valence-electron chi connectivity index (χ2n) is 10.9. The van der Waals surface area contributed by atoms with Crippen LogP contribution in [0.15, 0.2) is 30.5 Å². The van der Waals surface area contributed by atoms with Crippen LogP contribution in [0.5, 0.6) is 0 Å². The summed E-state index contributed by atoms with van der Waals surface area (Å²) in [6.07, 6.45) is 3.02. The highest BCUT2D eigenvalue weighted by atomic mass is 35.5. The van der Waals surface area contributed by atoms with E-state index in [0.717, 1.165) is 43.9 Å². The molecule has 9 heteroatoms. The fraction of sp³-hybridized carbons (Fsp3) is 0.600. The van der Waals surface area contributed by atoms with Crippen LogP contribution in [0.4, 0.5) is 27.5 Å².